The Morgan fingerprint density at radius 2 is 2.13 bits per heavy atom. The highest BCUT2D eigenvalue weighted by atomic mass is 35.5. The third-order valence-electron chi connectivity index (χ3n) is 1.75. The first-order chi connectivity index (χ1) is 7.02. The van der Waals surface area contributed by atoms with Gasteiger partial charge >= 0.3 is 6.09 Å². The highest BCUT2D eigenvalue weighted by Gasteiger charge is 2.16. The molecule has 1 unspecified atom stereocenters. The van der Waals surface area contributed by atoms with Crippen molar-refractivity contribution in [3.05, 3.63) is 30.1 Å². The molecule has 82 valence electrons. The van der Waals surface area contributed by atoms with Crippen molar-refractivity contribution in [1.29, 1.82) is 0 Å². The topological polar surface area (TPSA) is 29.5 Å². The minimum atomic E-state index is -0.744. The van der Waals surface area contributed by atoms with Crippen LogP contribution in [0.15, 0.2) is 24.3 Å². The van der Waals surface area contributed by atoms with E-state index < -0.39 is 17.5 Å². The van der Waals surface area contributed by atoms with Crippen LogP contribution in [0.3, 0.4) is 0 Å². The highest BCUT2D eigenvalue weighted by molar-refractivity contribution is 6.20. The average Bonchev–Trinajstić information content (AvgIpc) is 2.16. The summed E-state index contributed by atoms with van der Waals surface area (Å²) >= 11 is 5.48. The Bertz CT molecular complexity index is 357. The molecule has 0 heterocycles. The summed E-state index contributed by atoms with van der Waals surface area (Å²) in [7, 11) is 1.42. The molecule has 3 nitrogen and oxygen atoms in total. The van der Waals surface area contributed by atoms with Crippen LogP contribution in [0.1, 0.15) is 6.92 Å². The maximum atomic E-state index is 13.3. The minimum absolute atomic E-state index is 0.153. The van der Waals surface area contributed by atoms with E-state index in [4.69, 9.17) is 16.3 Å². The molecule has 0 fully saturated rings. The lowest BCUT2D eigenvalue weighted by Gasteiger charge is -2.18. The predicted octanol–water partition coefficient (Wildman–Crippen LogP) is 2.98. The lowest BCUT2D eigenvalue weighted by Crippen LogP contribution is -2.29. The summed E-state index contributed by atoms with van der Waals surface area (Å²) in [6.45, 7) is 1.51. The molecule has 0 saturated heterocycles. The van der Waals surface area contributed by atoms with Crippen molar-refractivity contribution in [1.82, 2.24) is 0 Å². The number of rotatable bonds is 2. The Balaban J connectivity index is 2.81. The largest absolute Gasteiger partial charge is 0.430 e. The zero-order chi connectivity index (χ0) is 11.4. The zero-order valence-electron chi connectivity index (χ0n) is 8.41. The van der Waals surface area contributed by atoms with Gasteiger partial charge in [-0.2, -0.15) is 0 Å². The van der Waals surface area contributed by atoms with Gasteiger partial charge < -0.3 is 4.74 Å². The van der Waals surface area contributed by atoms with Crippen molar-refractivity contribution in [2.45, 2.75) is 12.5 Å². The van der Waals surface area contributed by atoms with E-state index >= 15 is 0 Å². The van der Waals surface area contributed by atoms with Crippen LogP contribution < -0.4 is 4.90 Å². The van der Waals surface area contributed by atoms with E-state index in [0.717, 1.165) is 4.90 Å². The van der Waals surface area contributed by atoms with Gasteiger partial charge in [-0.25, -0.2) is 9.18 Å². The maximum Gasteiger partial charge on any atom is 0.415 e. The van der Waals surface area contributed by atoms with E-state index in [2.05, 4.69) is 0 Å². The van der Waals surface area contributed by atoms with Crippen LogP contribution in [0, 0.1) is 5.82 Å². The number of halogens is 2. The molecule has 0 radical (unpaired) electrons. The van der Waals surface area contributed by atoms with Crippen molar-refractivity contribution in [3.8, 4) is 0 Å². The van der Waals surface area contributed by atoms with Crippen LogP contribution in [0.25, 0.3) is 0 Å². The molecule has 1 aromatic rings. The van der Waals surface area contributed by atoms with Gasteiger partial charge in [0, 0.05) is 7.05 Å². The Morgan fingerprint density at radius 1 is 1.53 bits per heavy atom. The fraction of sp³-hybridized carbons (Fsp3) is 0.300. The lowest BCUT2D eigenvalue weighted by molar-refractivity contribution is 0.147. The van der Waals surface area contributed by atoms with Gasteiger partial charge in [-0.3, -0.25) is 4.90 Å². The first kappa shape index (κ1) is 11.8. The molecule has 0 saturated carbocycles. The van der Waals surface area contributed by atoms with E-state index in [1.54, 1.807) is 12.1 Å². The second-order valence-corrected chi connectivity index (χ2v) is 3.55. The second kappa shape index (κ2) is 4.98. The standard InChI is InChI=1S/C10H11ClFNO2/c1-7(11)15-10(14)13(2)9-6-4-3-5-8(9)12/h3-7H,1-2H3. The Labute approximate surface area is 92.4 Å². The molecule has 1 rings (SSSR count). The molecular weight excluding hydrogens is 221 g/mol. The van der Waals surface area contributed by atoms with Gasteiger partial charge in [-0.05, 0) is 19.1 Å². The summed E-state index contributed by atoms with van der Waals surface area (Å²) in [4.78, 5) is 12.4. The van der Waals surface area contributed by atoms with Crippen LogP contribution in [-0.4, -0.2) is 18.7 Å². The number of para-hydroxylation sites is 1. The number of hydrogen-bond acceptors (Lipinski definition) is 2. The van der Waals surface area contributed by atoms with Crippen molar-refractivity contribution in [2.24, 2.45) is 0 Å². The fourth-order valence-corrected chi connectivity index (χ4v) is 1.12. The number of carbonyl (C=O) groups excluding carboxylic acids is 1. The molecule has 1 aromatic carbocycles. The second-order valence-electron chi connectivity index (χ2n) is 2.94. The van der Waals surface area contributed by atoms with Crippen molar-refractivity contribution >= 4 is 23.4 Å². The zero-order valence-corrected chi connectivity index (χ0v) is 9.16. The van der Waals surface area contributed by atoms with Crippen molar-refractivity contribution in [2.75, 3.05) is 11.9 Å². The predicted molar refractivity (Wildman–Crippen MR) is 56.6 cm³/mol. The summed E-state index contributed by atoms with van der Waals surface area (Å²) in [6.07, 6.45) is -0.692. The van der Waals surface area contributed by atoms with Crippen LogP contribution in [-0.2, 0) is 4.74 Å². The van der Waals surface area contributed by atoms with Crippen LogP contribution >= 0.6 is 11.6 Å². The molecule has 0 aliphatic carbocycles. The van der Waals surface area contributed by atoms with Crippen LogP contribution in [0.5, 0.6) is 0 Å². The molecule has 5 heteroatoms. The van der Waals surface area contributed by atoms with Crippen molar-refractivity contribution < 1.29 is 13.9 Å². The molecule has 0 N–H and O–H groups in total. The van der Waals surface area contributed by atoms with E-state index in [9.17, 15) is 9.18 Å². The number of anilines is 1. The highest BCUT2D eigenvalue weighted by Crippen LogP contribution is 2.18. The molecule has 0 bridgehead atoms. The van der Waals surface area contributed by atoms with Gasteiger partial charge in [0.1, 0.15) is 5.82 Å². The van der Waals surface area contributed by atoms with E-state index in [0.29, 0.717) is 0 Å². The Kier molecular flexibility index (Phi) is 3.91. The number of benzene rings is 1. The fourth-order valence-electron chi connectivity index (χ4n) is 1.04. The molecule has 15 heavy (non-hydrogen) atoms. The summed E-state index contributed by atoms with van der Waals surface area (Å²) in [6, 6.07) is 5.92. The Hall–Kier alpha value is -1.29. The smallest absolute Gasteiger partial charge is 0.415 e. The number of ether oxygens (including phenoxy) is 1. The number of carbonyl (C=O) groups is 1. The minimum Gasteiger partial charge on any atom is -0.430 e. The van der Waals surface area contributed by atoms with Gasteiger partial charge in [0.25, 0.3) is 0 Å². The molecule has 1 amide bonds. The number of amides is 1. The normalized spacial score (nSPS) is 12.0. The van der Waals surface area contributed by atoms with Gasteiger partial charge in [-0.15, -0.1) is 0 Å². The molecule has 0 spiro atoms. The SMILES string of the molecule is CC(Cl)OC(=O)N(C)c1ccccc1F. The third-order valence-corrected chi connectivity index (χ3v) is 1.84. The summed E-state index contributed by atoms with van der Waals surface area (Å²) in [5, 5.41) is 0. The van der Waals surface area contributed by atoms with Crippen LogP contribution in [0.4, 0.5) is 14.9 Å². The molecule has 0 aliphatic heterocycles. The van der Waals surface area contributed by atoms with Crippen LogP contribution in [0.2, 0.25) is 0 Å². The maximum absolute atomic E-state index is 13.3. The first-order valence-corrected chi connectivity index (χ1v) is 4.79. The van der Waals surface area contributed by atoms with E-state index in [1.165, 1.54) is 26.1 Å². The molecule has 0 aliphatic rings. The lowest BCUT2D eigenvalue weighted by atomic mass is 10.3. The van der Waals surface area contributed by atoms with E-state index in [1.807, 2.05) is 0 Å². The summed E-state index contributed by atoms with van der Waals surface area (Å²) < 4.78 is 18.0. The van der Waals surface area contributed by atoms with Gasteiger partial charge in [0.05, 0.1) is 5.69 Å². The van der Waals surface area contributed by atoms with Gasteiger partial charge in [0.2, 0.25) is 0 Å². The summed E-state index contributed by atoms with van der Waals surface area (Å²) in [5.74, 6) is -0.487. The molecule has 1 atom stereocenters. The first-order valence-electron chi connectivity index (χ1n) is 4.35. The van der Waals surface area contributed by atoms with Crippen molar-refractivity contribution in [3.63, 3.8) is 0 Å². The third kappa shape index (κ3) is 3.09. The van der Waals surface area contributed by atoms with E-state index in [-0.39, 0.29) is 5.69 Å². The Morgan fingerprint density at radius 3 is 2.67 bits per heavy atom. The van der Waals surface area contributed by atoms with Gasteiger partial charge in [0.15, 0.2) is 5.56 Å². The molecular formula is C10H11ClFNO2. The number of alkyl halides is 1. The average molecular weight is 232 g/mol. The van der Waals surface area contributed by atoms with Gasteiger partial charge in [-0.1, -0.05) is 23.7 Å². The monoisotopic (exact) mass is 231 g/mol. The summed E-state index contributed by atoms with van der Waals surface area (Å²) in [5.41, 5.74) is -0.591. The quantitative estimate of drug-likeness (QED) is 0.733. The number of nitrogens with zero attached hydrogens (tertiary/aromatic N) is 1. The molecule has 0 aromatic heterocycles. The number of hydrogen-bond donors (Lipinski definition) is 0.